The Morgan fingerprint density at radius 2 is 1.21 bits per heavy atom. The molecule has 0 aliphatic carbocycles. The first-order valence-corrected chi connectivity index (χ1v) is 18.4. The number of hydrogen-bond acceptors (Lipinski definition) is 6. The van der Waals surface area contributed by atoms with Gasteiger partial charge < -0.3 is 25.0 Å². The van der Waals surface area contributed by atoms with Crippen molar-refractivity contribution in [2.24, 2.45) is 5.92 Å². The molecule has 0 fully saturated rings. The van der Waals surface area contributed by atoms with Crippen molar-refractivity contribution >= 4 is 23.9 Å². The summed E-state index contributed by atoms with van der Waals surface area (Å²) in [6.07, 6.45) is 6.84. The number of hydrogen-bond donors (Lipinski definition) is 2. The molecular weight excluding hydrogens is 666 g/mol. The number of alkyl carbamates (subject to hydrolysis) is 1. The molecule has 0 spiro atoms. The second kappa shape index (κ2) is 19.1. The first-order valence-electron chi connectivity index (χ1n) is 18.4. The second-order valence-electron chi connectivity index (χ2n) is 15.9. The van der Waals surface area contributed by atoms with Gasteiger partial charge >= 0.3 is 12.1 Å². The van der Waals surface area contributed by atoms with Crippen LogP contribution in [0.25, 0.3) is 0 Å². The van der Waals surface area contributed by atoms with Crippen LogP contribution in [0.2, 0.25) is 0 Å². The van der Waals surface area contributed by atoms with E-state index in [4.69, 9.17) is 15.9 Å². The highest BCUT2D eigenvalue weighted by molar-refractivity contribution is 5.94. The number of rotatable bonds is 15. The van der Waals surface area contributed by atoms with Crippen molar-refractivity contribution < 1.29 is 28.7 Å². The van der Waals surface area contributed by atoms with Crippen LogP contribution in [0.15, 0.2) is 84.9 Å². The number of terminal acetylenes is 1. The molecule has 4 atom stereocenters. The van der Waals surface area contributed by atoms with Crippen molar-refractivity contribution in [3.63, 3.8) is 0 Å². The molecule has 0 saturated carbocycles. The Labute approximate surface area is 316 Å². The topological polar surface area (TPSA) is 114 Å². The largest absolute Gasteiger partial charge is 0.458 e. The van der Waals surface area contributed by atoms with E-state index in [-0.39, 0.29) is 12.8 Å². The van der Waals surface area contributed by atoms with E-state index >= 15 is 4.79 Å². The smallest absolute Gasteiger partial charge is 0.408 e. The number of benzene rings is 3. The Hall–Kier alpha value is -5.10. The van der Waals surface area contributed by atoms with Crippen LogP contribution in [0.3, 0.4) is 0 Å². The van der Waals surface area contributed by atoms with E-state index in [9.17, 15) is 14.4 Å². The Bertz CT molecular complexity index is 1700. The minimum absolute atomic E-state index is 0.131. The molecule has 0 radical (unpaired) electrons. The molecule has 3 amide bonds. The number of nitrogens with one attached hydrogen (secondary N) is 2. The zero-order valence-electron chi connectivity index (χ0n) is 32.8. The van der Waals surface area contributed by atoms with Crippen LogP contribution < -0.4 is 10.6 Å². The minimum atomic E-state index is -1.28. The predicted molar refractivity (Wildman–Crippen MR) is 209 cm³/mol. The van der Waals surface area contributed by atoms with Crippen molar-refractivity contribution in [3.05, 3.63) is 107 Å². The molecule has 2 N–H and O–H groups in total. The van der Waals surface area contributed by atoms with Crippen LogP contribution >= 0.6 is 0 Å². The summed E-state index contributed by atoms with van der Waals surface area (Å²) >= 11 is 0. The third-order valence-corrected chi connectivity index (χ3v) is 8.39. The lowest BCUT2D eigenvalue weighted by molar-refractivity contribution is -0.159. The average Bonchev–Trinajstić information content (AvgIpc) is 3.08. The summed E-state index contributed by atoms with van der Waals surface area (Å²) < 4.78 is 11.4. The molecule has 0 aromatic heterocycles. The van der Waals surface area contributed by atoms with Crippen LogP contribution in [0.5, 0.6) is 0 Å². The molecule has 3 aromatic carbocycles. The zero-order valence-corrected chi connectivity index (χ0v) is 32.8. The van der Waals surface area contributed by atoms with E-state index < -0.39 is 59.2 Å². The highest BCUT2D eigenvalue weighted by atomic mass is 16.6. The Morgan fingerprint density at radius 3 is 1.72 bits per heavy atom. The maximum absolute atomic E-state index is 15.2. The van der Waals surface area contributed by atoms with E-state index in [1.54, 1.807) is 65.8 Å². The SMILES string of the molecule is C#Cc1ccccc1C(C(=O)NC(Cc1ccccc1)C(=O)OC(C)(C)C)N(C(=O)C(Cc1ccccc1)NC(=O)OC(C)(C)C)C(C)CCC(C)C. The van der Waals surface area contributed by atoms with Gasteiger partial charge in [-0.2, -0.15) is 0 Å². The molecule has 3 aromatic rings. The number of carbonyl (C=O) groups excluding carboxylic acids is 4. The second-order valence-corrected chi connectivity index (χ2v) is 15.9. The van der Waals surface area contributed by atoms with E-state index in [0.29, 0.717) is 23.5 Å². The van der Waals surface area contributed by atoms with Gasteiger partial charge in [0.2, 0.25) is 11.8 Å². The molecule has 3 rings (SSSR count). The quantitative estimate of drug-likeness (QED) is 0.124. The fourth-order valence-electron chi connectivity index (χ4n) is 5.94. The summed E-state index contributed by atoms with van der Waals surface area (Å²) in [5, 5.41) is 5.78. The summed E-state index contributed by atoms with van der Waals surface area (Å²) in [5.74, 6) is 1.27. The third kappa shape index (κ3) is 13.8. The maximum atomic E-state index is 15.2. The first-order chi connectivity index (χ1) is 24.9. The molecule has 53 heavy (non-hydrogen) atoms. The number of esters is 1. The lowest BCUT2D eigenvalue weighted by atomic mass is 9.93. The number of amides is 3. The standard InChI is InChI=1S/C44H57N3O6/c1-11-34-24-18-19-25-35(34)38(39(48)45-37(41(50)52-43(5,6)7)29-33-22-16-13-17-23-33)47(31(4)27-26-30(2)3)40(49)36(28-32-20-14-12-15-21-32)46-42(51)53-44(8,9)10/h1,12-25,30-31,36-38H,26-29H2,2-10H3,(H,45,48)(H,46,51). The van der Waals surface area contributed by atoms with E-state index in [0.717, 1.165) is 17.5 Å². The minimum Gasteiger partial charge on any atom is -0.458 e. The van der Waals surface area contributed by atoms with Gasteiger partial charge in [-0.3, -0.25) is 9.59 Å². The lowest BCUT2D eigenvalue weighted by Crippen LogP contribution is -2.57. The summed E-state index contributed by atoms with van der Waals surface area (Å²) in [6.45, 7) is 16.6. The molecule has 0 aliphatic rings. The summed E-state index contributed by atoms with van der Waals surface area (Å²) in [4.78, 5) is 58.7. The number of ether oxygens (including phenoxy) is 2. The molecule has 9 nitrogen and oxygen atoms in total. The zero-order chi connectivity index (χ0) is 39.3. The van der Waals surface area contributed by atoms with Crippen LogP contribution in [0, 0.1) is 18.3 Å². The third-order valence-electron chi connectivity index (χ3n) is 8.39. The molecule has 9 heteroatoms. The van der Waals surface area contributed by atoms with E-state index in [2.05, 4.69) is 30.4 Å². The molecule has 0 saturated heterocycles. The van der Waals surface area contributed by atoms with Crippen LogP contribution in [-0.4, -0.2) is 58.1 Å². The lowest BCUT2D eigenvalue weighted by Gasteiger charge is -2.39. The van der Waals surface area contributed by atoms with Gasteiger partial charge in [-0.15, -0.1) is 6.42 Å². The molecule has 4 unspecified atom stereocenters. The van der Waals surface area contributed by atoms with E-state index in [1.807, 2.05) is 67.6 Å². The van der Waals surface area contributed by atoms with Gasteiger partial charge in [-0.05, 0) is 90.0 Å². The molecule has 0 heterocycles. The van der Waals surface area contributed by atoms with Gasteiger partial charge in [0.15, 0.2) is 0 Å². The van der Waals surface area contributed by atoms with Crippen molar-refractivity contribution in [1.82, 2.24) is 15.5 Å². The van der Waals surface area contributed by atoms with Crippen molar-refractivity contribution in [1.29, 1.82) is 0 Å². The Balaban J connectivity index is 2.22. The van der Waals surface area contributed by atoms with Crippen molar-refractivity contribution in [3.8, 4) is 12.3 Å². The van der Waals surface area contributed by atoms with Gasteiger partial charge in [0, 0.05) is 24.4 Å². The monoisotopic (exact) mass is 723 g/mol. The molecular formula is C44H57N3O6. The highest BCUT2D eigenvalue weighted by Gasteiger charge is 2.41. The first kappa shape index (κ1) is 42.3. The Morgan fingerprint density at radius 1 is 0.698 bits per heavy atom. The molecule has 0 aliphatic heterocycles. The normalized spacial score (nSPS) is 13.8. The number of nitrogens with zero attached hydrogens (tertiary/aromatic N) is 1. The summed E-state index contributed by atoms with van der Waals surface area (Å²) in [7, 11) is 0. The van der Waals surface area contributed by atoms with Gasteiger partial charge in [0.1, 0.15) is 29.3 Å². The van der Waals surface area contributed by atoms with Crippen LogP contribution in [0.4, 0.5) is 4.79 Å². The van der Waals surface area contributed by atoms with Gasteiger partial charge in [-0.25, -0.2) is 9.59 Å². The summed E-state index contributed by atoms with van der Waals surface area (Å²) in [6, 6.07) is 21.6. The summed E-state index contributed by atoms with van der Waals surface area (Å²) in [5.41, 5.74) is 0.797. The average molecular weight is 724 g/mol. The fourth-order valence-corrected chi connectivity index (χ4v) is 5.94. The van der Waals surface area contributed by atoms with Crippen LogP contribution in [-0.2, 0) is 36.7 Å². The highest BCUT2D eigenvalue weighted by Crippen LogP contribution is 2.30. The maximum Gasteiger partial charge on any atom is 0.408 e. The van der Waals surface area contributed by atoms with Gasteiger partial charge in [0.05, 0.1) is 0 Å². The Kier molecular flexibility index (Phi) is 15.3. The fraction of sp³-hybridized carbons (Fsp3) is 0.455. The molecule has 0 bridgehead atoms. The van der Waals surface area contributed by atoms with Gasteiger partial charge in [0.25, 0.3) is 0 Å². The van der Waals surface area contributed by atoms with E-state index in [1.165, 1.54) is 4.90 Å². The predicted octanol–water partition coefficient (Wildman–Crippen LogP) is 7.57. The van der Waals surface area contributed by atoms with Crippen molar-refractivity contribution in [2.45, 2.75) is 123 Å². The van der Waals surface area contributed by atoms with Crippen LogP contribution in [0.1, 0.15) is 103 Å². The van der Waals surface area contributed by atoms with Gasteiger partial charge in [-0.1, -0.05) is 98.6 Å². The molecule has 284 valence electrons. The van der Waals surface area contributed by atoms with Crippen molar-refractivity contribution in [2.75, 3.05) is 0 Å². The number of carbonyl (C=O) groups is 4.